The highest BCUT2D eigenvalue weighted by molar-refractivity contribution is 7.21. The zero-order valence-corrected chi connectivity index (χ0v) is 12.6. The number of rotatable bonds is 2. The van der Waals surface area contributed by atoms with Crippen LogP contribution >= 0.6 is 11.3 Å². The summed E-state index contributed by atoms with van der Waals surface area (Å²) < 4.78 is 12.1. The smallest absolute Gasteiger partial charge is 0.222 e. The molecule has 0 aliphatic rings. The summed E-state index contributed by atoms with van der Waals surface area (Å²) in [5.41, 5.74) is 2.31. The number of hydrogen-bond donors (Lipinski definition) is 1. The molecule has 0 saturated heterocycles. The minimum Gasteiger partial charge on any atom is -0.493 e. The average molecular weight is 308 g/mol. The van der Waals surface area contributed by atoms with Crippen molar-refractivity contribution >= 4 is 32.5 Å². The first-order valence-electron chi connectivity index (χ1n) is 6.77. The zero-order chi connectivity index (χ0) is 15.1. The number of fused-ring (bicyclic) bond motifs is 2. The Labute approximate surface area is 130 Å². The van der Waals surface area contributed by atoms with Crippen molar-refractivity contribution in [2.24, 2.45) is 0 Å². The van der Waals surface area contributed by atoms with E-state index in [1.54, 1.807) is 18.4 Å². The quantitative estimate of drug-likeness (QED) is 0.604. The number of benzene rings is 2. The van der Waals surface area contributed by atoms with Crippen LogP contribution < -0.4 is 10.3 Å². The fraction of sp³-hybridized carbons (Fsp3) is 0.0588. The molecule has 2 aromatic carbocycles. The van der Waals surface area contributed by atoms with Crippen molar-refractivity contribution < 1.29 is 9.15 Å². The van der Waals surface area contributed by atoms with Gasteiger partial charge in [0.1, 0.15) is 5.01 Å². The van der Waals surface area contributed by atoms with E-state index in [9.17, 15) is 0 Å². The first-order chi connectivity index (χ1) is 10.8. The lowest BCUT2D eigenvalue weighted by atomic mass is 10.2. The Bertz CT molecular complexity index is 1020. The normalized spacial score (nSPS) is 11.1. The summed E-state index contributed by atoms with van der Waals surface area (Å²) in [6.45, 7) is 0. The third kappa shape index (κ3) is 1.98. The van der Waals surface area contributed by atoms with Gasteiger partial charge in [0.15, 0.2) is 11.3 Å². The Balaban J connectivity index is 1.98. The Morgan fingerprint density at radius 3 is 2.82 bits per heavy atom. The van der Waals surface area contributed by atoms with Gasteiger partial charge >= 0.3 is 0 Å². The van der Waals surface area contributed by atoms with Crippen LogP contribution in [-0.2, 0) is 0 Å². The van der Waals surface area contributed by atoms with Crippen LogP contribution in [0.5, 0.6) is 5.75 Å². The van der Waals surface area contributed by atoms with Crippen LogP contribution in [0.2, 0.25) is 0 Å². The van der Waals surface area contributed by atoms with Crippen molar-refractivity contribution in [3.05, 3.63) is 54.1 Å². The number of hydrogen-bond acceptors (Lipinski definition) is 5. The van der Waals surface area contributed by atoms with Crippen molar-refractivity contribution in [1.29, 1.82) is 5.41 Å². The monoisotopic (exact) mass is 308 g/mol. The first-order valence-corrected chi connectivity index (χ1v) is 7.59. The molecule has 2 heterocycles. The van der Waals surface area contributed by atoms with Crippen molar-refractivity contribution in [1.82, 2.24) is 4.98 Å². The Morgan fingerprint density at radius 1 is 1.14 bits per heavy atom. The third-order valence-corrected chi connectivity index (χ3v) is 4.57. The van der Waals surface area contributed by atoms with Crippen LogP contribution in [0, 0.1) is 5.41 Å². The summed E-state index contributed by atoms with van der Waals surface area (Å²) in [5, 5.41) is 9.86. The number of nitrogens with one attached hydrogen (secondary N) is 1. The second kappa shape index (κ2) is 4.96. The summed E-state index contributed by atoms with van der Waals surface area (Å²) in [6.07, 6.45) is 0. The standard InChI is InChI=1S/C17H12N2O2S/c1-20-13-7-4-5-10-9-11(16(18)21-15(10)13)17-19-12-6-2-3-8-14(12)22-17/h2-9,18H,1H3. The zero-order valence-electron chi connectivity index (χ0n) is 11.8. The van der Waals surface area contributed by atoms with E-state index >= 15 is 0 Å². The van der Waals surface area contributed by atoms with E-state index in [0.29, 0.717) is 16.9 Å². The summed E-state index contributed by atoms with van der Waals surface area (Å²) in [7, 11) is 1.59. The molecule has 4 aromatic rings. The number of para-hydroxylation sites is 2. The lowest BCUT2D eigenvalue weighted by molar-refractivity contribution is 0.405. The number of nitrogens with zero attached hydrogens (tertiary/aromatic N) is 1. The van der Waals surface area contributed by atoms with E-state index in [1.165, 1.54) is 0 Å². The molecule has 0 amide bonds. The van der Waals surface area contributed by atoms with Gasteiger partial charge in [0.05, 0.1) is 22.9 Å². The van der Waals surface area contributed by atoms with Gasteiger partial charge in [0.25, 0.3) is 0 Å². The van der Waals surface area contributed by atoms with Gasteiger partial charge in [-0.3, -0.25) is 5.41 Å². The highest BCUT2D eigenvalue weighted by Crippen LogP contribution is 2.31. The molecule has 0 unspecified atom stereocenters. The molecule has 0 aliphatic heterocycles. The van der Waals surface area contributed by atoms with Crippen LogP contribution in [0.3, 0.4) is 0 Å². The number of thiazole rings is 1. The highest BCUT2D eigenvalue weighted by atomic mass is 32.1. The predicted octanol–water partition coefficient (Wildman–Crippen LogP) is 4.20. The van der Waals surface area contributed by atoms with Gasteiger partial charge in [0.2, 0.25) is 5.55 Å². The largest absolute Gasteiger partial charge is 0.493 e. The van der Waals surface area contributed by atoms with Crippen LogP contribution in [0.4, 0.5) is 0 Å². The maximum Gasteiger partial charge on any atom is 0.222 e. The molecule has 108 valence electrons. The SMILES string of the molecule is COc1cccc2cc(-c3nc4ccccc4s3)c(=N)oc12. The fourth-order valence-electron chi connectivity index (χ4n) is 2.44. The third-order valence-electron chi connectivity index (χ3n) is 3.50. The first kappa shape index (κ1) is 13.0. The fourth-order valence-corrected chi connectivity index (χ4v) is 3.42. The Kier molecular flexibility index (Phi) is 2.94. The Hall–Kier alpha value is -2.66. The molecule has 0 fully saturated rings. The van der Waals surface area contributed by atoms with Crippen molar-refractivity contribution in [2.75, 3.05) is 7.11 Å². The van der Waals surface area contributed by atoms with Gasteiger partial charge in [-0.05, 0) is 24.3 Å². The van der Waals surface area contributed by atoms with Crippen molar-refractivity contribution in [3.8, 4) is 16.3 Å². The molecular formula is C17H12N2O2S. The van der Waals surface area contributed by atoms with Crippen LogP contribution in [-0.4, -0.2) is 12.1 Å². The van der Waals surface area contributed by atoms with Gasteiger partial charge in [-0.2, -0.15) is 0 Å². The molecule has 0 spiro atoms. The molecule has 0 saturated carbocycles. The topological polar surface area (TPSA) is 59.1 Å². The molecule has 22 heavy (non-hydrogen) atoms. The van der Waals surface area contributed by atoms with Gasteiger partial charge in [-0.1, -0.05) is 24.3 Å². The minimum absolute atomic E-state index is 0.0936. The van der Waals surface area contributed by atoms with Crippen LogP contribution in [0.15, 0.2) is 52.9 Å². The van der Waals surface area contributed by atoms with Gasteiger partial charge in [0, 0.05) is 5.39 Å². The molecule has 4 rings (SSSR count). The molecule has 0 radical (unpaired) electrons. The summed E-state index contributed by atoms with van der Waals surface area (Å²) in [6, 6.07) is 15.6. The maximum atomic E-state index is 8.18. The van der Waals surface area contributed by atoms with E-state index in [1.807, 2.05) is 48.5 Å². The van der Waals surface area contributed by atoms with Gasteiger partial charge in [-0.15, -0.1) is 11.3 Å². The maximum absolute atomic E-state index is 8.18. The Morgan fingerprint density at radius 2 is 2.00 bits per heavy atom. The molecule has 5 heteroatoms. The molecule has 0 aliphatic carbocycles. The summed E-state index contributed by atoms with van der Waals surface area (Å²) >= 11 is 1.56. The molecule has 0 atom stereocenters. The van der Waals surface area contributed by atoms with Gasteiger partial charge < -0.3 is 9.15 Å². The van der Waals surface area contributed by atoms with E-state index in [4.69, 9.17) is 14.6 Å². The molecule has 4 nitrogen and oxygen atoms in total. The van der Waals surface area contributed by atoms with Crippen molar-refractivity contribution in [3.63, 3.8) is 0 Å². The second-order valence-electron chi connectivity index (χ2n) is 4.85. The highest BCUT2D eigenvalue weighted by Gasteiger charge is 2.12. The average Bonchev–Trinajstić information content (AvgIpc) is 2.97. The number of methoxy groups -OCH3 is 1. The molecule has 1 N–H and O–H groups in total. The van der Waals surface area contributed by atoms with E-state index in [0.717, 1.165) is 20.6 Å². The van der Waals surface area contributed by atoms with Crippen LogP contribution in [0.25, 0.3) is 31.8 Å². The van der Waals surface area contributed by atoms with Crippen LogP contribution in [0.1, 0.15) is 0 Å². The number of ether oxygens (including phenoxy) is 1. The summed E-state index contributed by atoms with van der Waals surface area (Å²) in [5.74, 6) is 0.627. The molecule has 2 aromatic heterocycles. The second-order valence-corrected chi connectivity index (χ2v) is 5.89. The lowest BCUT2D eigenvalue weighted by Crippen LogP contribution is -2.03. The van der Waals surface area contributed by atoms with E-state index in [-0.39, 0.29) is 5.55 Å². The number of aromatic nitrogens is 1. The molecule has 0 bridgehead atoms. The lowest BCUT2D eigenvalue weighted by Gasteiger charge is -2.05. The summed E-state index contributed by atoms with van der Waals surface area (Å²) in [4.78, 5) is 4.60. The minimum atomic E-state index is 0.0936. The molecular weight excluding hydrogens is 296 g/mol. The van der Waals surface area contributed by atoms with Gasteiger partial charge in [-0.25, -0.2) is 4.98 Å². The predicted molar refractivity (Wildman–Crippen MR) is 87.2 cm³/mol. The van der Waals surface area contributed by atoms with E-state index < -0.39 is 0 Å². The van der Waals surface area contributed by atoms with E-state index in [2.05, 4.69) is 4.98 Å². The van der Waals surface area contributed by atoms with Crippen molar-refractivity contribution in [2.45, 2.75) is 0 Å².